The fourth-order valence-electron chi connectivity index (χ4n) is 0.600. The molecule has 0 aromatic rings. The van der Waals surface area contributed by atoms with E-state index in [1.165, 1.54) is 0 Å². The highest BCUT2D eigenvalue weighted by molar-refractivity contribution is 5.85. The van der Waals surface area contributed by atoms with Gasteiger partial charge in [0.15, 0.2) is 0 Å². The second-order valence-corrected chi connectivity index (χ2v) is 5.48. The minimum absolute atomic E-state index is 0. The van der Waals surface area contributed by atoms with Crippen LogP contribution in [0.1, 0.15) is 0 Å². The Labute approximate surface area is 101 Å². The molecular weight excluding hydrogens is 216 g/mol. The predicted molar refractivity (Wildman–Crippen MR) is 67.2 cm³/mol. The molecule has 0 atom stereocenters. The van der Waals surface area contributed by atoms with Crippen LogP contribution in [0.3, 0.4) is 0 Å². The lowest BCUT2D eigenvalue weighted by Crippen LogP contribution is -2.36. The zero-order chi connectivity index (χ0) is 11.8. The topological polar surface area (TPSA) is 40.5 Å². The van der Waals surface area contributed by atoms with E-state index in [4.69, 9.17) is 10.2 Å². The average molecular weight is 245 g/mol. The van der Waals surface area contributed by atoms with Gasteiger partial charge < -0.3 is 19.2 Å². The highest BCUT2D eigenvalue weighted by atomic mass is 35.5. The van der Waals surface area contributed by atoms with Crippen LogP contribution in [0.2, 0.25) is 0 Å². The van der Waals surface area contributed by atoms with Crippen molar-refractivity contribution < 1.29 is 19.2 Å². The van der Waals surface area contributed by atoms with E-state index in [9.17, 15) is 0 Å². The minimum atomic E-state index is 0. The van der Waals surface area contributed by atoms with Crippen LogP contribution in [0, 0.1) is 0 Å². The van der Waals surface area contributed by atoms with Crippen molar-refractivity contribution in [1.82, 2.24) is 0 Å². The number of rotatable bonds is 4. The third-order valence-electron chi connectivity index (χ3n) is 1.54. The van der Waals surface area contributed by atoms with E-state index in [1.807, 2.05) is 0 Å². The third-order valence-corrected chi connectivity index (χ3v) is 1.54. The lowest BCUT2D eigenvalue weighted by molar-refractivity contribution is -0.870. The van der Waals surface area contributed by atoms with Crippen LogP contribution in [0.5, 0.6) is 0 Å². The Bertz CT molecular complexity index is 114. The summed E-state index contributed by atoms with van der Waals surface area (Å²) in [5, 5.41) is 16.8. The molecular formula is C10H29ClN2O2+2. The molecule has 0 aliphatic heterocycles. The molecule has 96 valence electrons. The minimum Gasteiger partial charge on any atom is -0.391 e. The van der Waals surface area contributed by atoms with Gasteiger partial charge in [0, 0.05) is 0 Å². The molecule has 0 rings (SSSR count). The third kappa shape index (κ3) is 31.5. The molecule has 0 radical (unpaired) electrons. The monoisotopic (exact) mass is 244 g/mol. The van der Waals surface area contributed by atoms with E-state index in [2.05, 4.69) is 42.3 Å². The molecule has 0 fully saturated rings. The van der Waals surface area contributed by atoms with Gasteiger partial charge in [0.05, 0.1) is 55.5 Å². The Balaban J connectivity index is -0.000000180. The predicted octanol–water partition coefficient (Wildman–Crippen LogP) is -0.208. The van der Waals surface area contributed by atoms with Gasteiger partial charge in [0.1, 0.15) is 13.1 Å². The van der Waals surface area contributed by atoms with E-state index in [0.29, 0.717) is 0 Å². The zero-order valence-corrected chi connectivity index (χ0v) is 11.8. The van der Waals surface area contributed by atoms with Crippen molar-refractivity contribution in [3.8, 4) is 0 Å². The summed E-state index contributed by atoms with van der Waals surface area (Å²) in [5.41, 5.74) is 0. The number of aliphatic hydroxyl groups excluding tert-OH is 2. The van der Waals surface area contributed by atoms with Crippen LogP contribution in [-0.4, -0.2) is 87.8 Å². The smallest absolute Gasteiger partial charge is 0.101 e. The van der Waals surface area contributed by atoms with E-state index in [-0.39, 0.29) is 25.6 Å². The van der Waals surface area contributed by atoms with Crippen molar-refractivity contribution in [3.05, 3.63) is 0 Å². The summed E-state index contributed by atoms with van der Waals surface area (Å²) in [6, 6.07) is 0. The molecule has 0 unspecified atom stereocenters. The number of quaternary nitrogens is 2. The van der Waals surface area contributed by atoms with Crippen LogP contribution in [0.15, 0.2) is 0 Å². The first-order valence-electron chi connectivity index (χ1n) is 4.95. The SMILES string of the molecule is C[N+](C)(C)CCO.C[N+](C)(C)CCO.Cl. The first kappa shape index (κ1) is 20.5. The number of hydrogen-bond acceptors (Lipinski definition) is 2. The van der Waals surface area contributed by atoms with Gasteiger partial charge in [-0.15, -0.1) is 12.4 Å². The maximum atomic E-state index is 8.39. The number of aliphatic hydroxyl groups is 2. The molecule has 0 aromatic carbocycles. The molecule has 0 aliphatic carbocycles. The summed E-state index contributed by atoms with van der Waals surface area (Å²) >= 11 is 0. The van der Waals surface area contributed by atoms with Gasteiger partial charge in [0.2, 0.25) is 0 Å². The first-order valence-corrected chi connectivity index (χ1v) is 4.95. The molecule has 0 spiro atoms. The summed E-state index contributed by atoms with van der Waals surface area (Å²) in [7, 11) is 12.3. The lowest BCUT2D eigenvalue weighted by atomic mass is 10.5. The molecule has 2 N–H and O–H groups in total. The number of hydrogen-bond donors (Lipinski definition) is 2. The van der Waals surface area contributed by atoms with E-state index >= 15 is 0 Å². The Morgan fingerprint density at radius 2 is 0.867 bits per heavy atom. The summed E-state index contributed by atoms with van der Waals surface area (Å²) < 4.78 is 1.69. The van der Waals surface area contributed by atoms with Gasteiger partial charge in [-0.2, -0.15) is 0 Å². The Morgan fingerprint density at radius 3 is 0.867 bits per heavy atom. The number of nitrogens with zero attached hydrogens (tertiary/aromatic N) is 2. The molecule has 0 bridgehead atoms. The van der Waals surface area contributed by atoms with Crippen LogP contribution in [-0.2, 0) is 0 Å². The van der Waals surface area contributed by atoms with Crippen LogP contribution in [0.25, 0.3) is 0 Å². The van der Waals surface area contributed by atoms with Crippen molar-refractivity contribution in [2.45, 2.75) is 0 Å². The molecule has 0 heterocycles. The van der Waals surface area contributed by atoms with E-state index in [0.717, 1.165) is 22.1 Å². The van der Waals surface area contributed by atoms with Crippen LogP contribution < -0.4 is 0 Å². The molecule has 0 saturated heterocycles. The maximum absolute atomic E-state index is 8.39. The summed E-state index contributed by atoms with van der Waals surface area (Å²) in [6.45, 7) is 2.23. The van der Waals surface area contributed by atoms with Crippen molar-refractivity contribution in [2.24, 2.45) is 0 Å². The van der Waals surface area contributed by atoms with Crippen LogP contribution in [0.4, 0.5) is 0 Å². The molecule has 4 nitrogen and oxygen atoms in total. The molecule has 0 amide bonds. The highest BCUT2D eigenvalue weighted by Crippen LogP contribution is 1.85. The Hall–Kier alpha value is 0.130. The summed E-state index contributed by atoms with van der Waals surface area (Å²) in [5.74, 6) is 0. The van der Waals surface area contributed by atoms with Crippen molar-refractivity contribution in [2.75, 3.05) is 68.6 Å². The van der Waals surface area contributed by atoms with Gasteiger partial charge >= 0.3 is 0 Å². The second-order valence-electron chi connectivity index (χ2n) is 5.48. The molecule has 0 aromatic heterocycles. The molecule has 5 heteroatoms. The number of halogens is 1. The quantitative estimate of drug-likeness (QED) is 0.673. The van der Waals surface area contributed by atoms with E-state index < -0.39 is 0 Å². The highest BCUT2D eigenvalue weighted by Gasteiger charge is 2.02. The maximum Gasteiger partial charge on any atom is 0.101 e. The second kappa shape index (κ2) is 9.36. The number of likely N-dealkylation sites (N-methyl/N-ethyl adjacent to an activating group) is 2. The lowest BCUT2D eigenvalue weighted by Gasteiger charge is -2.21. The van der Waals surface area contributed by atoms with E-state index in [1.54, 1.807) is 0 Å². The fraction of sp³-hybridized carbons (Fsp3) is 1.00. The van der Waals surface area contributed by atoms with Gasteiger partial charge in [-0.1, -0.05) is 0 Å². The van der Waals surface area contributed by atoms with Crippen molar-refractivity contribution in [3.63, 3.8) is 0 Å². The van der Waals surface area contributed by atoms with Crippen molar-refractivity contribution in [1.29, 1.82) is 0 Å². The zero-order valence-electron chi connectivity index (χ0n) is 11.0. The largest absolute Gasteiger partial charge is 0.391 e. The molecule has 0 saturated carbocycles. The van der Waals surface area contributed by atoms with Gasteiger partial charge in [-0.3, -0.25) is 0 Å². The average Bonchev–Trinajstić information content (AvgIpc) is 1.81. The van der Waals surface area contributed by atoms with Gasteiger partial charge in [0.25, 0.3) is 0 Å². The van der Waals surface area contributed by atoms with Crippen LogP contribution >= 0.6 is 12.4 Å². The normalized spacial score (nSPS) is 11.2. The Kier molecular flexibility index (Phi) is 12.8. The summed E-state index contributed by atoms with van der Waals surface area (Å²) in [6.07, 6.45) is 0. The first-order chi connectivity index (χ1) is 6.12. The standard InChI is InChI=1S/2C5H14NO.ClH/c2*1-6(2,3)4-5-7;/h2*7H,4-5H2,1-3H3;1H/q2*+1;. The summed E-state index contributed by atoms with van der Waals surface area (Å²) in [4.78, 5) is 0. The fourth-order valence-corrected chi connectivity index (χ4v) is 0.600. The Morgan fingerprint density at radius 1 is 0.667 bits per heavy atom. The van der Waals surface area contributed by atoms with Gasteiger partial charge in [-0.25, -0.2) is 0 Å². The van der Waals surface area contributed by atoms with Gasteiger partial charge in [-0.05, 0) is 0 Å². The molecule has 15 heavy (non-hydrogen) atoms. The molecule has 0 aliphatic rings. The van der Waals surface area contributed by atoms with Crippen molar-refractivity contribution >= 4 is 12.4 Å².